The van der Waals surface area contributed by atoms with E-state index < -0.39 is 0 Å². The van der Waals surface area contributed by atoms with Gasteiger partial charge in [-0.05, 0) is 12.5 Å². The monoisotopic (exact) mass is 310 g/mol. The molecular weight excluding hydrogens is 288 g/mol. The summed E-state index contributed by atoms with van der Waals surface area (Å²) in [7, 11) is 0. The average Bonchev–Trinajstić information content (AvgIpc) is 2.99. The fourth-order valence-electron chi connectivity index (χ4n) is 2.87. The Morgan fingerprint density at radius 2 is 2.17 bits per heavy atom. The molecule has 0 aliphatic carbocycles. The van der Waals surface area contributed by atoms with Crippen LogP contribution >= 0.6 is 0 Å². The zero-order chi connectivity index (χ0) is 16.1. The maximum Gasteiger partial charge on any atom is 0.144 e. The molecule has 2 N–H and O–H groups in total. The van der Waals surface area contributed by atoms with Gasteiger partial charge in [-0.25, -0.2) is 4.98 Å². The molecule has 1 atom stereocenters. The molecule has 0 amide bonds. The van der Waals surface area contributed by atoms with Crippen molar-refractivity contribution in [3.8, 4) is 5.75 Å². The van der Waals surface area contributed by atoms with Crippen LogP contribution in [0.3, 0.4) is 0 Å². The Morgan fingerprint density at radius 3 is 2.91 bits per heavy atom. The van der Waals surface area contributed by atoms with Gasteiger partial charge in [0.1, 0.15) is 11.6 Å². The van der Waals surface area contributed by atoms with E-state index in [4.69, 9.17) is 0 Å². The van der Waals surface area contributed by atoms with Crippen LogP contribution in [0.1, 0.15) is 17.7 Å². The van der Waals surface area contributed by atoms with Crippen LogP contribution in [0.5, 0.6) is 5.75 Å². The number of benzene rings is 1. The predicted octanol–water partition coefficient (Wildman–Crippen LogP) is 2.60. The third-order valence-corrected chi connectivity index (χ3v) is 4.07. The molecule has 23 heavy (non-hydrogen) atoms. The topological polar surface area (TPSA) is 61.3 Å². The number of nitrogens with one attached hydrogen (secondary N) is 1. The Labute approximate surface area is 136 Å². The molecule has 3 rings (SSSR count). The number of phenols is 1. The van der Waals surface area contributed by atoms with Gasteiger partial charge in [-0.1, -0.05) is 24.3 Å². The van der Waals surface area contributed by atoms with Crippen LogP contribution < -0.4 is 5.32 Å². The highest BCUT2D eigenvalue weighted by molar-refractivity contribution is 5.34. The van der Waals surface area contributed by atoms with E-state index in [0.29, 0.717) is 11.8 Å². The van der Waals surface area contributed by atoms with Gasteiger partial charge in [-0.15, -0.1) is 6.58 Å². The van der Waals surface area contributed by atoms with Crippen LogP contribution in [-0.4, -0.2) is 39.1 Å². The van der Waals surface area contributed by atoms with Crippen molar-refractivity contribution < 1.29 is 5.11 Å². The number of aromatic nitrogens is 2. The molecule has 1 aromatic carbocycles. The molecule has 1 fully saturated rings. The Bertz CT molecular complexity index is 656. The molecule has 0 saturated carbocycles. The molecule has 1 aliphatic heterocycles. The first-order valence-corrected chi connectivity index (χ1v) is 7.92. The summed E-state index contributed by atoms with van der Waals surface area (Å²) in [6.45, 7) is 6.42. The largest absolute Gasteiger partial charge is 0.508 e. The molecular formula is C18H22N4O. The van der Waals surface area contributed by atoms with Gasteiger partial charge in [0.25, 0.3) is 0 Å². The van der Waals surface area contributed by atoms with Crippen molar-refractivity contribution >= 4 is 5.82 Å². The number of nitrogens with zero attached hydrogens (tertiary/aromatic N) is 3. The summed E-state index contributed by atoms with van der Waals surface area (Å²) in [6.07, 6.45) is 7.20. The van der Waals surface area contributed by atoms with Crippen LogP contribution in [-0.2, 0) is 13.0 Å². The first-order valence-electron chi connectivity index (χ1n) is 7.92. The van der Waals surface area contributed by atoms with Crippen molar-refractivity contribution in [2.24, 2.45) is 0 Å². The number of aromatic hydroxyl groups is 1. The van der Waals surface area contributed by atoms with Crippen molar-refractivity contribution in [2.45, 2.75) is 25.4 Å². The van der Waals surface area contributed by atoms with Gasteiger partial charge >= 0.3 is 0 Å². The normalized spacial score (nSPS) is 18.0. The second-order valence-electron chi connectivity index (χ2n) is 5.88. The standard InChI is InChI=1S/C18H22N4O/c1-2-5-15-10-20-18(11-19-15)21-16-8-9-22(13-16)12-14-6-3-4-7-17(14)23/h2-4,6-7,10-11,16,23H,1,5,8-9,12-13H2,(H,20,21)/t16-/m1/s1. The van der Waals surface area contributed by atoms with Gasteiger partial charge in [-0.2, -0.15) is 0 Å². The zero-order valence-electron chi connectivity index (χ0n) is 13.2. The van der Waals surface area contributed by atoms with Crippen LogP contribution in [0, 0.1) is 0 Å². The summed E-state index contributed by atoms with van der Waals surface area (Å²) >= 11 is 0. The lowest BCUT2D eigenvalue weighted by atomic mass is 10.2. The van der Waals surface area contributed by atoms with E-state index >= 15 is 0 Å². The van der Waals surface area contributed by atoms with Crippen molar-refractivity contribution in [1.29, 1.82) is 0 Å². The maximum absolute atomic E-state index is 9.87. The summed E-state index contributed by atoms with van der Waals surface area (Å²) < 4.78 is 0. The minimum absolute atomic E-state index is 0.361. The molecule has 5 heteroatoms. The van der Waals surface area contributed by atoms with Crippen molar-refractivity contribution in [2.75, 3.05) is 18.4 Å². The molecule has 120 valence electrons. The van der Waals surface area contributed by atoms with E-state index in [1.54, 1.807) is 18.5 Å². The minimum atomic E-state index is 0.361. The summed E-state index contributed by atoms with van der Waals surface area (Å²) in [4.78, 5) is 11.1. The molecule has 2 heterocycles. The quantitative estimate of drug-likeness (QED) is 0.803. The van der Waals surface area contributed by atoms with E-state index in [2.05, 4.69) is 26.8 Å². The zero-order valence-corrected chi connectivity index (χ0v) is 13.2. The van der Waals surface area contributed by atoms with E-state index in [1.807, 2.05) is 24.3 Å². The Morgan fingerprint density at radius 1 is 1.30 bits per heavy atom. The van der Waals surface area contributed by atoms with E-state index in [9.17, 15) is 5.11 Å². The minimum Gasteiger partial charge on any atom is -0.508 e. The number of likely N-dealkylation sites (tertiary alicyclic amines) is 1. The first kappa shape index (κ1) is 15.5. The number of allylic oxidation sites excluding steroid dienone is 1. The van der Waals surface area contributed by atoms with Crippen LogP contribution in [0.2, 0.25) is 0 Å². The Hall–Kier alpha value is -2.40. The molecule has 2 aromatic rings. The average molecular weight is 310 g/mol. The van der Waals surface area contributed by atoms with Crippen LogP contribution in [0.25, 0.3) is 0 Å². The Kier molecular flexibility index (Phi) is 4.88. The van der Waals surface area contributed by atoms with Gasteiger partial charge in [0, 0.05) is 37.7 Å². The highest BCUT2D eigenvalue weighted by atomic mass is 16.3. The smallest absolute Gasteiger partial charge is 0.144 e. The van der Waals surface area contributed by atoms with Crippen molar-refractivity contribution in [3.63, 3.8) is 0 Å². The third kappa shape index (κ3) is 4.07. The molecule has 1 aliphatic rings. The SMILES string of the molecule is C=CCc1cnc(N[C@@H]2CCN(Cc3ccccc3O)C2)cn1. The molecule has 1 aromatic heterocycles. The molecule has 0 unspecified atom stereocenters. The van der Waals surface area contributed by atoms with Crippen molar-refractivity contribution in [3.05, 3.63) is 60.6 Å². The lowest BCUT2D eigenvalue weighted by Crippen LogP contribution is -2.26. The second kappa shape index (κ2) is 7.24. The van der Waals surface area contributed by atoms with E-state index in [1.165, 1.54) is 0 Å². The van der Waals surface area contributed by atoms with Crippen molar-refractivity contribution in [1.82, 2.24) is 14.9 Å². The maximum atomic E-state index is 9.87. The second-order valence-corrected chi connectivity index (χ2v) is 5.88. The van der Waals surface area contributed by atoms with Gasteiger partial charge < -0.3 is 10.4 Å². The predicted molar refractivity (Wildman–Crippen MR) is 91.3 cm³/mol. The summed E-state index contributed by atoms with van der Waals surface area (Å²) in [5, 5.41) is 13.3. The molecule has 0 radical (unpaired) electrons. The Balaban J connectivity index is 1.53. The number of rotatable bonds is 6. The molecule has 0 bridgehead atoms. The lowest BCUT2D eigenvalue weighted by molar-refractivity contribution is 0.321. The van der Waals surface area contributed by atoms with Gasteiger partial charge in [-0.3, -0.25) is 9.88 Å². The highest BCUT2D eigenvalue weighted by Gasteiger charge is 2.23. The van der Waals surface area contributed by atoms with E-state index in [0.717, 1.165) is 49.6 Å². The van der Waals surface area contributed by atoms with Gasteiger partial charge in [0.05, 0.1) is 18.1 Å². The number of phenolic OH excluding ortho intramolecular Hbond substituents is 1. The first-order chi connectivity index (χ1) is 11.2. The summed E-state index contributed by atoms with van der Waals surface area (Å²) in [5.41, 5.74) is 1.90. The number of para-hydroxylation sites is 1. The van der Waals surface area contributed by atoms with Crippen LogP contribution in [0.4, 0.5) is 5.82 Å². The fraction of sp³-hybridized carbons (Fsp3) is 0.333. The summed E-state index contributed by atoms with van der Waals surface area (Å²) in [5.74, 6) is 1.18. The number of hydrogen-bond donors (Lipinski definition) is 2. The van der Waals surface area contributed by atoms with Gasteiger partial charge in [0.15, 0.2) is 0 Å². The molecule has 5 nitrogen and oxygen atoms in total. The lowest BCUT2D eigenvalue weighted by Gasteiger charge is -2.17. The van der Waals surface area contributed by atoms with Gasteiger partial charge in [0.2, 0.25) is 0 Å². The fourth-order valence-corrected chi connectivity index (χ4v) is 2.87. The van der Waals surface area contributed by atoms with Crippen LogP contribution in [0.15, 0.2) is 49.3 Å². The number of hydrogen-bond acceptors (Lipinski definition) is 5. The molecule has 0 spiro atoms. The van der Waals surface area contributed by atoms with E-state index in [-0.39, 0.29) is 0 Å². The summed E-state index contributed by atoms with van der Waals surface area (Å²) in [6, 6.07) is 7.88. The third-order valence-electron chi connectivity index (χ3n) is 4.07. The highest BCUT2D eigenvalue weighted by Crippen LogP contribution is 2.21. The number of anilines is 1. The molecule has 1 saturated heterocycles.